The Labute approximate surface area is 147 Å². The number of hydrogen-bond acceptors (Lipinski definition) is 4. The van der Waals surface area contributed by atoms with Crippen molar-refractivity contribution in [1.82, 2.24) is 5.32 Å². The van der Waals surface area contributed by atoms with E-state index in [4.69, 9.17) is 21.1 Å². The third kappa shape index (κ3) is 5.71. The summed E-state index contributed by atoms with van der Waals surface area (Å²) in [5, 5.41) is 3.36. The minimum absolute atomic E-state index is 0.173. The van der Waals surface area contributed by atoms with Gasteiger partial charge in [0.2, 0.25) is 0 Å². The zero-order chi connectivity index (χ0) is 17.5. The highest BCUT2D eigenvalue weighted by atomic mass is 35.5. The van der Waals surface area contributed by atoms with Gasteiger partial charge in [-0.25, -0.2) is 4.79 Å². The van der Waals surface area contributed by atoms with Gasteiger partial charge in [0.15, 0.2) is 13.2 Å². The number of esters is 1. The molecule has 0 saturated heterocycles. The number of carbonyl (C=O) groups is 2. The van der Waals surface area contributed by atoms with Crippen LogP contribution in [0.5, 0.6) is 5.75 Å². The minimum Gasteiger partial charge on any atom is -0.480 e. The lowest BCUT2D eigenvalue weighted by atomic mass is 9.86. The molecule has 1 aromatic carbocycles. The minimum atomic E-state index is -0.598. The van der Waals surface area contributed by atoms with Gasteiger partial charge in [0, 0.05) is 6.04 Å². The summed E-state index contributed by atoms with van der Waals surface area (Å²) in [6, 6.07) is 5.47. The second-order valence-electron chi connectivity index (χ2n) is 6.32. The fourth-order valence-corrected chi connectivity index (χ4v) is 3.00. The van der Waals surface area contributed by atoms with Crippen LogP contribution in [0.1, 0.15) is 38.2 Å². The lowest BCUT2D eigenvalue weighted by Gasteiger charge is -2.29. The number of rotatable bonds is 6. The molecule has 1 aliphatic carbocycles. The van der Waals surface area contributed by atoms with Gasteiger partial charge in [0.05, 0.1) is 5.02 Å². The molecule has 1 saturated carbocycles. The van der Waals surface area contributed by atoms with Gasteiger partial charge in [0.25, 0.3) is 5.91 Å². The molecule has 1 amide bonds. The number of nitrogens with one attached hydrogen (secondary N) is 1. The molecule has 0 bridgehead atoms. The molecule has 1 N–H and O–H groups in total. The molecular weight excluding hydrogens is 330 g/mol. The average molecular weight is 354 g/mol. The van der Waals surface area contributed by atoms with Crippen molar-refractivity contribution in [3.8, 4) is 5.75 Å². The van der Waals surface area contributed by atoms with Gasteiger partial charge >= 0.3 is 5.97 Å². The summed E-state index contributed by atoms with van der Waals surface area (Å²) in [6.45, 7) is 3.47. The van der Waals surface area contributed by atoms with Crippen LogP contribution in [0.4, 0.5) is 0 Å². The van der Waals surface area contributed by atoms with Crippen molar-refractivity contribution in [1.29, 1.82) is 0 Å². The van der Waals surface area contributed by atoms with E-state index in [0.29, 0.717) is 16.7 Å². The Morgan fingerprint density at radius 2 is 2.00 bits per heavy atom. The molecule has 0 aliphatic heterocycles. The normalized spacial score (nSPS) is 20.3. The summed E-state index contributed by atoms with van der Waals surface area (Å²) in [4.78, 5) is 23.6. The van der Waals surface area contributed by atoms with E-state index in [2.05, 4.69) is 12.2 Å². The van der Waals surface area contributed by atoms with E-state index in [1.54, 1.807) is 12.1 Å². The third-order valence-electron chi connectivity index (χ3n) is 4.25. The van der Waals surface area contributed by atoms with Crippen molar-refractivity contribution in [2.24, 2.45) is 5.92 Å². The van der Waals surface area contributed by atoms with Crippen LogP contribution in [-0.2, 0) is 14.3 Å². The van der Waals surface area contributed by atoms with E-state index >= 15 is 0 Å². The van der Waals surface area contributed by atoms with Gasteiger partial charge < -0.3 is 14.8 Å². The van der Waals surface area contributed by atoms with Gasteiger partial charge in [0.1, 0.15) is 5.75 Å². The molecule has 1 aromatic rings. The molecule has 1 fully saturated rings. The summed E-state index contributed by atoms with van der Waals surface area (Å²) >= 11 is 5.99. The second-order valence-corrected chi connectivity index (χ2v) is 6.73. The van der Waals surface area contributed by atoms with Crippen LogP contribution in [0.15, 0.2) is 18.2 Å². The zero-order valence-electron chi connectivity index (χ0n) is 14.1. The van der Waals surface area contributed by atoms with Crippen molar-refractivity contribution >= 4 is 23.5 Å². The maximum Gasteiger partial charge on any atom is 0.344 e. The van der Waals surface area contributed by atoms with Crippen molar-refractivity contribution in [3.05, 3.63) is 28.8 Å². The number of halogens is 1. The molecule has 0 heterocycles. The summed E-state index contributed by atoms with van der Waals surface area (Å²) in [5.74, 6) is 0.0226. The largest absolute Gasteiger partial charge is 0.480 e. The van der Waals surface area contributed by atoms with Crippen molar-refractivity contribution in [2.45, 2.75) is 45.6 Å². The topological polar surface area (TPSA) is 64.6 Å². The SMILES string of the molecule is Cc1ccc(Cl)c(OCC(=O)OCC(=O)N[C@H]2CCCC[C@H]2C)c1. The van der Waals surface area contributed by atoms with Crippen molar-refractivity contribution in [2.75, 3.05) is 13.2 Å². The summed E-state index contributed by atoms with van der Waals surface area (Å²) < 4.78 is 10.3. The van der Waals surface area contributed by atoms with Crippen LogP contribution in [0.3, 0.4) is 0 Å². The zero-order valence-corrected chi connectivity index (χ0v) is 14.9. The number of ether oxygens (including phenoxy) is 2. The van der Waals surface area contributed by atoms with Crippen LogP contribution in [0, 0.1) is 12.8 Å². The smallest absolute Gasteiger partial charge is 0.344 e. The van der Waals surface area contributed by atoms with Crippen molar-refractivity contribution < 1.29 is 19.1 Å². The predicted octanol–water partition coefficient (Wildman–Crippen LogP) is 3.27. The lowest BCUT2D eigenvalue weighted by Crippen LogP contribution is -2.43. The Hall–Kier alpha value is -1.75. The molecule has 0 unspecified atom stereocenters. The highest BCUT2D eigenvalue weighted by Gasteiger charge is 2.23. The molecule has 0 aromatic heterocycles. The third-order valence-corrected chi connectivity index (χ3v) is 4.57. The molecule has 24 heavy (non-hydrogen) atoms. The summed E-state index contributed by atoms with van der Waals surface area (Å²) in [5.41, 5.74) is 0.976. The number of hydrogen-bond donors (Lipinski definition) is 1. The Balaban J connectivity index is 1.70. The van der Waals surface area contributed by atoms with Crippen LogP contribution in [0.2, 0.25) is 5.02 Å². The van der Waals surface area contributed by atoms with E-state index in [1.807, 2.05) is 13.0 Å². The van der Waals surface area contributed by atoms with E-state index < -0.39 is 5.97 Å². The van der Waals surface area contributed by atoms with Crippen LogP contribution in [-0.4, -0.2) is 31.1 Å². The highest BCUT2D eigenvalue weighted by molar-refractivity contribution is 6.32. The standard InChI is InChI=1S/C18H24ClNO4/c1-12-7-8-14(19)16(9-12)23-11-18(22)24-10-17(21)20-15-6-4-3-5-13(15)2/h7-9,13,15H,3-6,10-11H2,1-2H3,(H,20,21)/t13-,15+/m1/s1. The fraction of sp³-hybridized carbons (Fsp3) is 0.556. The number of carbonyl (C=O) groups excluding carboxylic acids is 2. The van der Waals surface area contributed by atoms with E-state index in [9.17, 15) is 9.59 Å². The maximum absolute atomic E-state index is 11.9. The number of benzene rings is 1. The second kappa shape index (κ2) is 8.92. The van der Waals surface area contributed by atoms with Crippen LogP contribution >= 0.6 is 11.6 Å². The molecule has 6 heteroatoms. The first-order valence-electron chi connectivity index (χ1n) is 8.29. The maximum atomic E-state index is 11.9. The first-order valence-corrected chi connectivity index (χ1v) is 8.67. The average Bonchev–Trinajstić information content (AvgIpc) is 2.56. The Bertz CT molecular complexity index is 590. The summed E-state index contributed by atoms with van der Waals surface area (Å²) in [7, 11) is 0. The van der Waals surface area contributed by atoms with Crippen molar-refractivity contribution in [3.63, 3.8) is 0 Å². The molecule has 0 radical (unpaired) electrons. The Kier molecular flexibility index (Phi) is 6.91. The number of amides is 1. The van der Waals surface area contributed by atoms with E-state index in [1.165, 1.54) is 6.42 Å². The lowest BCUT2D eigenvalue weighted by molar-refractivity contribution is -0.150. The van der Waals surface area contributed by atoms with E-state index in [0.717, 1.165) is 24.8 Å². The van der Waals surface area contributed by atoms with Gasteiger partial charge in [-0.2, -0.15) is 0 Å². The highest BCUT2D eigenvalue weighted by Crippen LogP contribution is 2.25. The summed E-state index contributed by atoms with van der Waals surface area (Å²) in [6.07, 6.45) is 4.44. The fourth-order valence-electron chi connectivity index (χ4n) is 2.82. The molecular formula is C18H24ClNO4. The molecule has 132 valence electrons. The molecule has 1 aliphatic rings. The molecule has 0 spiro atoms. The first-order chi connectivity index (χ1) is 11.5. The molecule has 5 nitrogen and oxygen atoms in total. The molecule has 2 atom stereocenters. The van der Waals surface area contributed by atoms with Gasteiger partial charge in [-0.3, -0.25) is 4.79 Å². The number of aryl methyl sites for hydroxylation is 1. The van der Waals surface area contributed by atoms with Gasteiger partial charge in [-0.1, -0.05) is 37.4 Å². The first kappa shape index (κ1) is 18.6. The van der Waals surface area contributed by atoms with Gasteiger partial charge in [-0.05, 0) is 43.4 Å². The Morgan fingerprint density at radius 1 is 1.25 bits per heavy atom. The van der Waals surface area contributed by atoms with E-state index in [-0.39, 0.29) is 25.2 Å². The van der Waals surface area contributed by atoms with Gasteiger partial charge in [-0.15, -0.1) is 0 Å². The quantitative estimate of drug-likeness (QED) is 0.797. The Morgan fingerprint density at radius 3 is 2.75 bits per heavy atom. The van der Waals surface area contributed by atoms with Crippen LogP contribution < -0.4 is 10.1 Å². The molecule has 2 rings (SSSR count). The predicted molar refractivity (Wildman–Crippen MR) is 92.2 cm³/mol. The monoisotopic (exact) mass is 353 g/mol. The van der Waals surface area contributed by atoms with Crippen LogP contribution in [0.25, 0.3) is 0 Å².